The summed E-state index contributed by atoms with van der Waals surface area (Å²) in [4.78, 5) is 16.4. The van der Waals surface area contributed by atoms with Crippen LogP contribution in [0.3, 0.4) is 0 Å². The van der Waals surface area contributed by atoms with Crippen LogP contribution in [0.4, 0.5) is 0 Å². The fraction of sp³-hybridized carbons (Fsp3) is 0.636. The Kier molecular flexibility index (Phi) is 4.56. The van der Waals surface area contributed by atoms with Gasteiger partial charge in [-0.2, -0.15) is 5.10 Å². The lowest BCUT2D eigenvalue weighted by molar-refractivity contribution is 0.0762. The standard InChI is InChI=1S/C11H17BrN4O/c12-2-5-15-3-1-4-16(7-6-15)11(17)10-8-13-14-9-10/h8-9H,1-7H2,(H,13,14). The summed E-state index contributed by atoms with van der Waals surface area (Å²) in [6.45, 7) is 4.71. The predicted octanol–water partition coefficient (Wildman–Crippen LogP) is 0.953. The summed E-state index contributed by atoms with van der Waals surface area (Å²) in [7, 11) is 0. The second-order valence-electron chi connectivity index (χ2n) is 4.16. The van der Waals surface area contributed by atoms with Gasteiger partial charge in [0.05, 0.1) is 11.8 Å². The van der Waals surface area contributed by atoms with Crippen LogP contribution in [0.2, 0.25) is 0 Å². The number of hydrogen-bond donors (Lipinski definition) is 1. The van der Waals surface area contributed by atoms with Gasteiger partial charge in [0.1, 0.15) is 0 Å². The van der Waals surface area contributed by atoms with Crippen molar-refractivity contribution in [3.63, 3.8) is 0 Å². The normalized spacial score (nSPS) is 18.1. The summed E-state index contributed by atoms with van der Waals surface area (Å²) in [5, 5.41) is 7.49. The van der Waals surface area contributed by atoms with E-state index in [4.69, 9.17) is 0 Å². The van der Waals surface area contributed by atoms with Gasteiger partial charge < -0.3 is 9.80 Å². The van der Waals surface area contributed by atoms with E-state index in [2.05, 4.69) is 31.0 Å². The molecule has 1 amide bonds. The molecule has 0 bridgehead atoms. The minimum atomic E-state index is 0.0828. The van der Waals surface area contributed by atoms with Gasteiger partial charge in [0.25, 0.3) is 5.91 Å². The molecule has 6 heteroatoms. The Morgan fingerprint density at radius 3 is 3.00 bits per heavy atom. The first-order chi connectivity index (χ1) is 8.31. The monoisotopic (exact) mass is 300 g/mol. The molecule has 2 rings (SSSR count). The fourth-order valence-corrected chi connectivity index (χ4v) is 2.57. The van der Waals surface area contributed by atoms with E-state index in [0.717, 1.165) is 44.5 Å². The Morgan fingerprint density at radius 1 is 1.41 bits per heavy atom. The van der Waals surface area contributed by atoms with Crippen molar-refractivity contribution >= 4 is 21.8 Å². The summed E-state index contributed by atoms with van der Waals surface area (Å²) in [5.74, 6) is 0.0828. The minimum absolute atomic E-state index is 0.0828. The Bertz CT molecular complexity index is 354. The molecular weight excluding hydrogens is 284 g/mol. The topological polar surface area (TPSA) is 52.2 Å². The second kappa shape index (κ2) is 6.16. The third-order valence-electron chi connectivity index (χ3n) is 3.02. The fourth-order valence-electron chi connectivity index (χ4n) is 2.07. The van der Waals surface area contributed by atoms with Crippen LogP contribution in [-0.2, 0) is 0 Å². The summed E-state index contributed by atoms with van der Waals surface area (Å²) in [6.07, 6.45) is 4.28. The number of carbonyl (C=O) groups excluding carboxylic acids is 1. The van der Waals surface area contributed by atoms with E-state index < -0.39 is 0 Å². The maximum absolute atomic E-state index is 12.1. The van der Waals surface area contributed by atoms with Crippen molar-refractivity contribution in [3.8, 4) is 0 Å². The maximum atomic E-state index is 12.1. The molecule has 1 aromatic heterocycles. The number of halogens is 1. The lowest BCUT2D eigenvalue weighted by Gasteiger charge is -2.20. The summed E-state index contributed by atoms with van der Waals surface area (Å²) in [5.41, 5.74) is 0.652. The number of carbonyl (C=O) groups is 1. The lowest BCUT2D eigenvalue weighted by atomic mass is 10.3. The number of hydrogen-bond acceptors (Lipinski definition) is 3. The van der Waals surface area contributed by atoms with E-state index in [1.165, 1.54) is 0 Å². The molecule has 0 saturated carbocycles. The number of rotatable bonds is 3. The molecule has 0 atom stereocenters. The van der Waals surface area contributed by atoms with Gasteiger partial charge in [0, 0.05) is 37.7 Å². The Labute approximate surface area is 109 Å². The molecule has 0 spiro atoms. The zero-order valence-electron chi connectivity index (χ0n) is 9.73. The van der Waals surface area contributed by atoms with Crippen molar-refractivity contribution in [1.29, 1.82) is 0 Å². The number of nitrogens with one attached hydrogen (secondary N) is 1. The van der Waals surface area contributed by atoms with Gasteiger partial charge in [0.2, 0.25) is 0 Å². The number of aromatic amines is 1. The molecule has 1 N–H and O–H groups in total. The number of alkyl halides is 1. The van der Waals surface area contributed by atoms with Crippen LogP contribution in [0.5, 0.6) is 0 Å². The Balaban J connectivity index is 1.92. The van der Waals surface area contributed by atoms with Gasteiger partial charge in [-0.25, -0.2) is 0 Å². The van der Waals surface area contributed by atoms with Crippen LogP contribution in [0.1, 0.15) is 16.8 Å². The van der Waals surface area contributed by atoms with Gasteiger partial charge in [-0.1, -0.05) is 15.9 Å². The van der Waals surface area contributed by atoms with Gasteiger partial charge in [-0.3, -0.25) is 9.89 Å². The molecule has 94 valence electrons. The van der Waals surface area contributed by atoms with Crippen molar-refractivity contribution in [3.05, 3.63) is 18.0 Å². The van der Waals surface area contributed by atoms with E-state index >= 15 is 0 Å². The van der Waals surface area contributed by atoms with Crippen LogP contribution >= 0.6 is 15.9 Å². The summed E-state index contributed by atoms with van der Waals surface area (Å²) in [6, 6.07) is 0. The minimum Gasteiger partial charge on any atom is -0.337 e. The van der Waals surface area contributed by atoms with Crippen molar-refractivity contribution < 1.29 is 4.79 Å². The first-order valence-corrected chi connectivity index (χ1v) is 7.00. The van der Waals surface area contributed by atoms with E-state index in [9.17, 15) is 4.79 Å². The van der Waals surface area contributed by atoms with E-state index in [0.29, 0.717) is 5.56 Å². The van der Waals surface area contributed by atoms with Crippen LogP contribution in [0, 0.1) is 0 Å². The second-order valence-corrected chi connectivity index (χ2v) is 4.96. The van der Waals surface area contributed by atoms with Crippen molar-refractivity contribution in [2.45, 2.75) is 6.42 Å². The molecule has 0 aliphatic carbocycles. The number of nitrogens with zero attached hydrogens (tertiary/aromatic N) is 3. The Hall–Kier alpha value is -0.880. The van der Waals surface area contributed by atoms with Gasteiger partial charge >= 0.3 is 0 Å². The first kappa shape index (κ1) is 12.6. The molecule has 17 heavy (non-hydrogen) atoms. The largest absolute Gasteiger partial charge is 0.337 e. The summed E-state index contributed by atoms with van der Waals surface area (Å²) >= 11 is 3.45. The third kappa shape index (κ3) is 3.29. The lowest BCUT2D eigenvalue weighted by Crippen LogP contribution is -2.35. The molecular formula is C11H17BrN4O. The number of amides is 1. The number of aromatic nitrogens is 2. The molecule has 1 aliphatic rings. The molecule has 1 saturated heterocycles. The molecule has 1 aromatic rings. The summed E-state index contributed by atoms with van der Waals surface area (Å²) < 4.78 is 0. The van der Waals surface area contributed by atoms with Crippen LogP contribution in [0.25, 0.3) is 0 Å². The molecule has 0 radical (unpaired) electrons. The van der Waals surface area contributed by atoms with E-state index in [1.54, 1.807) is 12.4 Å². The van der Waals surface area contributed by atoms with Crippen molar-refractivity contribution in [2.75, 3.05) is 38.1 Å². The molecule has 0 aromatic carbocycles. The van der Waals surface area contributed by atoms with Crippen LogP contribution < -0.4 is 0 Å². The molecule has 1 aliphatic heterocycles. The quantitative estimate of drug-likeness (QED) is 0.846. The first-order valence-electron chi connectivity index (χ1n) is 5.87. The molecule has 2 heterocycles. The highest BCUT2D eigenvalue weighted by molar-refractivity contribution is 9.09. The third-order valence-corrected chi connectivity index (χ3v) is 3.38. The van der Waals surface area contributed by atoms with Crippen molar-refractivity contribution in [1.82, 2.24) is 20.0 Å². The van der Waals surface area contributed by atoms with E-state index in [1.807, 2.05) is 4.90 Å². The van der Waals surface area contributed by atoms with Crippen LogP contribution in [0.15, 0.2) is 12.4 Å². The van der Waals surface area contributed by atoms with Crippen molar-refractivity contribution in [2.24, 2.45) is 0 Å². The number of H-pyrrole nitrogens is 1. The molecule has 0 unspecified atom stereocenters. The van der Waals surface area contributed by atoms with Crippen LogP contribution in [-0.4, -0.2) is 64.0 Å². The van der Waals surface area contributed by atoms with Gasteiger partial charge in [-0.05, 0) is 13.0 Å². The van der Waals surface area contributed by atoms with E-state index in [-0.39, 0.29) is 5.91 Å². The van der Waals surface area contributed by atoms with Gasteiger partial charge in [-0.15, -0.1) is 0 Å². The highest BCUT2D eigenvalue weighted by Gasteiger charge is 2.20. The zero-order chi connectivity index (χ0) is 12.1. The highest BCUT2D eigenvalue weighted by atomic mass is 79.9. The highest BCUT2D eigenvalue weighted by Crippen LogP contribution is 2.08. The zero-order valence-corrected chi connectivity index (χ0v) is 11.3. The Morgan fingerprint density at radius 2 is 2.29 bits per heavy atom. The molecule has 1 fully saturated rings. The smallest absolute Gasteiger partial charge is 0.257 e. The van der Waals surface area contributed by atoms with Gasteiger partial charge in [0.15, 0.2) is 0 Å². The maximum Gasteiger partial charge on any atom is 0.257 e. The molecule has 5 nitrogen and oxygen atoms in total. The SMILES string of the molecule is O=C(c1cn[nH]c1)N1CCCN(CCBr)CC1. The predicted molar refractivity (Wildman–Crippen MR) is 69.3 cm³/mol. The average molecular weight is 301 g/mol. The average Bonchev–Trinajstić information content (AvgIpc) is 2.76.